The maximum absolute atomic E-state index is 12.2. The molecule has 296 valence electrons. The summed E-state index contributed by atoms with van der Waals surface area (Å²) >= 11 is 0. The third-order valence-corrected chi connectivity index (χ3v) is 9.33. The first-order chi connectivity index (χ1) is 25.2. The molecule has 0 aliphatic carbocycles. The topological polar surface area (TPSA) is 55.8 Å². The number of hydrogen-bond donors (Lipinski definition) is 1. The zero-order chi connectivity index (χ0) is 37.0. The van der Waals surface area contributed by atoms with Crippen molar-refractivity contribution in [3.8, 4) is 0 Å². The first-order valence-electron chi connectivity index (χ1n) is 21.9. The standard InChI is InChI=1S/C47H84O4/c1-3-5-7-9-11-13-15-17-19-21-23-25-27-29-31-33-35-37-39-41-43-50-45-46(44-48)51-47(49)42-40-38-36-34-32-30-28-26-24-22-20-18-16-14-12-10-8-6-4-2/h5,7,11,13,17-20,23,25,46,48H,3-4,6,8-10,12,14-16,21-22,24,26-45H2,1-2H3/b7-5-,13-11-,19-17-,20-18-,25-23-. The van der Waals surface area contributed by atoms with Crippen LogP contribution < -0.4 is 0 Å². The SMILES string of the molecule is CC/C=C\C/C=C\C/C=C\C/C=C\CCCCCCCCCOCC(CO)OC(=O)CCCCCCCCCCC/C=C\CCCCCCCC. The van der Waals surface area contributed by atoms with Gasteiger partial charge in [0.25, 0.3) is 0 Å². The third-order valence-electron chi connectivity index (χ3n) is 9.33. The molecule has 0 amide bonds. The van der Waals surface area contributed by atoms with Gasteiger partial charge in [-0.3, -0.25) is 4.79 Å². The van der Waals surface area contributed by atoms with Crippen LogP contribution in [0.2, 0.25) is 0 Å². The summed E-state index contributed by atoms with van der Waals surface area (Å²) in [7, 11) is 0. The number of carbonyl (C=O) groups is 1. The molecule has 0 radical (unpaired) electrons. The molecule has 0 aromatic rings. The molecule has 0 saturated carbocycles. The van der Waals surface area contributed by atoms with Crippen molar-refractivity contribution in [2.24, 2.45) is 0 Å². The van der Waals surface area contributed by atoms with Gasteiger partial charge in [0.2, 0.25) is 0 Å². The van der Waals surface area contributed by atoms with Crippen molar-refractivity contribution in [2.45, 2.75) is 213 Å². The number of aliphatic hydroxyl groups is 1. The normalized spacial score (nSPS) is 12.9. The Bertz CT molecular complexity index is 839. The maximum atomic E-state index is 12.2. The van der Waals surface area contributed by atoms with Crippen LogP contribution in [-0.2, 0) is 14.3 Å². The van der Waals surface area contributed by atoms with E-state index in [4.69, 9.17) is 9.47 Å². The molecule has 0 aliphatic rings. The van der Waals surface area contributed by atoms with Gasteiger partial charge in [-0.2, -0.15) is 0 Å². The maximum Gasteiger partial charge on any atom is 0.306 e. The molecule has 0 heterocycles. The lowest BCUT2D eigenvalue weighted by atomic mass is 10.1. The number of unbranched alkanes of at least 4 members (excludes halogenated alkanes) is 22. The van der Waals surface area contributed by atoms with Gasteiger partial charge in [-0.1, -0.05) is 184 Å². The Morgan fingerprint density at radius 2 is 0.882 bits per heavy atom. The van der Waals surface area contributed by atoms with Crippen molar-refractivity contribution in [3.63, 3.8) is 0 Å². The highest BCUT2D eigenvalue weighted by molar-refractivity contribution is 5.69. The fraction of sp³-hybridized carbons (Fsp3) is 0.766. The minimum absolute atomic E-state index is 0.178. The Morgan fingerprint density at radius 1 is 0.490 bits per heavy atom. The van der Waals surface area contributed by atoms with Gasteiger partial charge in [-0.25, -0.2) is 0 Å². The first kappa shape index (κ1) is 49.1. The average molecular weight is 713 g/mol. The number of allylic oxidation sites excluding steroid dienone is 10. The Balaban J connectivity index is 3.46. The van der Waals surface area contributed by atoms with E-state index in [-0.39, 0.29) is 19.2 Å². The number of hydrogen-bond acceptors (Lipinski definition) is 4. The van der Waals surface area contributed by atoms with Crippen molar-refractivity contribution >= 4 is 5.97 Å². The fourth-order valence-electron chi connectivity index (χ4n) is 6.08. The summed E-state index contributed by atoms with van der Waals surface area (Å²) in [5, 5.41) is 9.61. The summed E-state index contributed by atoms with van der Waals surface area (Å²) in [5.41, 5.74) is 0. The monoisotopic (exact) mass is 713 g/mol. The second kappa shape index (κ2) is 44.3. The van der Waals surface area contributed by atoms with E-state index in [1.807, 2.05) is 0 Å². The molecule has 0 spiro atoms. The van der Waals surface area contributed by atoms with Crippen molar-refractivity contribution in [1.29, 1.82) is 0 Å². The lowest BCUT2D eigenvalue weighted by Gasteiger charge is -2.16. The van der Waals surface area contributed by atoms with E-state index in [0.717, 1.165) is 51.4 Å². The molecule has 0 bridgehead atoms. The number of ether oxygens (including phenoxy) is 2. The number of rotatable bonds is 40. The second-order valence-corrected chi connectivity index (χ2v) is 14.4. The number of aliphatic hydroxyl groups excluding tert-OH is 1. The van der Waals surface area contributed by atoms with Gasteiger partial charge in [-0.05, 0) is 77.0 Å². The van der Waals surface area contributed by atoms with Crippen LogP contribution in [0.4, 0.5) is 0 Å². The Hall–Kier alpha value is -1.91. The lowest BCUT2D eigenvalue weighted by Crippen LogP contribution is -2.27. The Labute approximate surface area is 317 Å². The quantitative estimate of drug-likeness (QED) is 0.0390. The highest BCUT2D eigenvalue weighted by Gasteiger charge is 2.13. The molecule has 0 aliphatic heterocycles. The van der Waals surface area contributed by atoms with Crippen LogP contribution in [0.25, 0.3) is 0 Å². The Morgan fingerprint density at radius 3 is 1.35 bits per heavy atom. The molecule has 0 fully saturated rings. The largest absolute Gasteiger partial charge is 0.457 e. The highest BCUT2D eigenvalue weighted by atomic mass is 16.6. The molecule has 0 rings (SSSR count). The molecule has 4 nitrogen and oxygen atoms in total. The molecule has 0 saturated heterocycles. The summed E-state index contributed by atoms with van der Waals surface area (Å²) < 4.78 is 11.2. The molecular weight excluding hydrogens is 629 g/mol. The van der Waals surface area contributed by atoms with Crippen LogP contribution in [-0.4, -0.2) is 37.0 Å². The molecule has 1 unspecified atom stereocenters. The van der Waals surface area contributed by atoms with Gasteiger partial charge in [0.15, 0.2) is 0 Å². The second-order valence-electron chi connectivity index (χ2n) is 14.4. The van der Waals surface area contributed by atoms with E-state index in [9.17, 15) is 9.90 Å². The highest BCUT2D eigenvalue weighted by Crippen LogP contribution is 2.14. The van der Waals surface area contributed by atoms with E-state index in [2.05, 4.69) is 74.6 Å². The number of esters is 1. The smallest absolute Gasteiger partial charge is 0.306 e. The first-order valence-corrected chi connectivity index (χ1v) is 21.9. The van der Waals surface area contributed by atoms with Crippen molar-refractivity contribution in [2.75, 3.05) is 19.8 Å². The van der Waals surface area contributed by atoms with E-state index in [1.165, 1.54) is 135 Å². The van der Waals surface area contributed by atoms with E-state index >= 15 is 0 Å². The fourth-order valence-corrected chi connectivity index (χ4v) is 6.08. The molecule has 51 heavy (non-hydrogen) atoms. The minimum atomic E-state index is -0.543. The van der Waals surface area contributed by atoms with Gasteiger partial charge in [0, 0.05) is 13.0 Å². The van der Waals surface area contributed by atoms with E-state index in [0.29, 0.717) is 13.0 Å². The number of carbonyl (C=O) groups excluding carboxylic acids is 1. The van der Waals surface area contributed by atoms with Gasteiger partial charge in [-0.15, -0.1) is 0 Å². The predicted molar refractivity (Wildman–Crippen MR) is 223 cm³/mol. The van der Waals surface area contributed by atoms with Gasteiger partial charge < -0.3 is 14.6 Å². The van der Waals surface area contributed by atoms with Crippen LogP contribution in [0.15, 0.2) is 60.8 Å². The minimum Gasteiger partial charge on any atom is -0.457 e. The van der Waals surface area contributed by atoms with Crippen molar-refractivity contribution < 1.29 is 19.4 Å². The summed E-state index contributed by atoms with van der Waals surface area (Å²) in [4.78, 5) is 12.2. The van der Waals surface area contributed by atoms with Crippen LogP contribution in [0, 0.1) is 0 Å². The zero-order valence-electron chi connectivity index (χ0n) is 33.9. The predicted octanol–water partition coefficient (Wildman–Crippen LogP) is 14.4. The Kier molecular flexibility index (Phi) is 42.6. The van der Waals surface area contributed by atoms with Crippen LogP contribution >= 0.6 is 0 Å². The van der Waals surface area contributed by atoms with Gasteiger partial charge in [0.05, 0.1) is 13.2 Å². The summed E-state index contributed by atoms with van der Waals surface area (Å²) in [6.07, 6.45) is 58.5. The van der Waals surface area contributed by atoms with Crippen LogP contribution in [0.1, 0.15) is 206 Å². The average Bonchev–Trinajstić information content (AvgIpc) is 3.14. The van der Waals surface area contributed by atoms with Crippen LogP contribution in [0.3, 0.4) is 0 Å². The van der Waals surface area contributed by atoms with Crippen molar-refractivity contribution in [1.82, 2.24) is 0 Å². The molecule has 0 aromatic heterocycles. The summed E-state index contributed by atoms with van der Waals surface area (Å²) in [6.45, 7) is 5.21. The van der Waals surface area contributed by atoms with Gasteiger partial charge in [0.1, 0.15) is 6.10 Å². The molecule has 0 aromatic carbocycles. The van der Waals surface area contributed by atoms with Crippen LogP contribution in [0.5, 0.6) is 0 Å². The van der Waals surface area contributed by atoms with Gasteiger partial charge >= 0.3 is 5.97 Å². The summed E-state index contributed by atoms with van der Waals surface area (Å²) in [6, 6.07) is 0. The zero-order valence-corrected chi connectivity index (χ0v) is 33.9. The van der Waals surface area contributed by atoms with E-state index < -0.39 is 6.10 Å². The van der Waals surface area contributed by atoms with E-state index in [1.54, 1.807) is 0 Å². The lowest BCUT2D eigenvalue weighted by molar-refractivity contribution is -0.154. The molecular formula is C47H84O4. The van der Waals surface area contributed by atoms with Crippen molar-refractivity contribution in [3.05, 3.63) is 60.8 Å². The molecule has 1 N–H and O–H groups in total. The summed E-state index contributed by atoms with van der Waals surface area (Å²) in [5.74, 6) is -0.208. The molecule has 1 atom stereocenters. The third kappa shape index (κ3) is 42.4. The molecule has 4 heteroatoms.